The quantitative estimate of drug-likeness (QED) is 0.707. The van der Waals surface area contributed by atoms with Crippen LogP contribution >= 0.6 is 11.6 Å². The van der Waals surface area contributed by atoms with Crippen LogP contribution in [0.1, 0.15) is 15.9 Å². The number of ether oxygens (including phenoxy) is 2. The predicted octanol–water partition coefficient (Wildman–Crippen LogP) is 4.71. The number of benzene rings is 2. The molecule has 134 valence electrons. The summed E-state index contributed by atoms with van der Waals surface area (Å²) in [5.74, 6) is 0.669. The Morgan fingerprint density at radius 2 is 1.73 bits per heavy atom. The first-order valence-electron chi connectivity index (χ1n) is 8.00. The Bertz CT molecular complexity index is 936. The molecule has 5 nitrogen and oxygen atoms in total. The summed E-state index contributed by atoms with van der Waals surface area (Å²) >= 11 is 6.11. The fourth-order valence-corrected chi connectivity index (χ4v) is 2.91. The Morgan fingerprint density at radius 3 is 2.38 bits per heavy atom. The number of hydrogen-bond donors (Lipinski definition) is 1. The highest BCUT2D eigenvalue weighted by atomic mass is 35.5. The van der Waals surface area contributed by atoms with Crippen molar-refractivity contribution in [2.75, 3.05) is 19.5 Å². The summed E-state index contributed by atoms with van der Waals surface area (Å²) in [7, 11) is 3.03. The fraction of sp³-hybridized carbons (Fsp3) is 0.150. The van der Waals surface area contributed by atoms with Gasteiger partial charge in [0, 0.05) is 35.8 Å². The smallest absolute Gasteiger partial charge is 0.255 e. The molecular weight excluding hydrogens is 352 g/mol. The van der Waals surface area contributed by atoms with Crippen molar-refractivity contribution in [2.45, 2.75) is 6.92 Å². The summed E-state index contributed by atoms with van der Waals surface area (Å²) in [5, 5.41) is 3.27. The zero-order valence-electron chi connectivity index (χ0n) is 14.7. The van der Waals surface area contributed by atoms with E-state index >= 15 is 0 Å². The average Bonchev–Trinajstić information content (AvgIpc) is 3.17. The number of anilines is 1. The fourth-order valence-electron chi connectivity index (χ4n) is 2.68. The van der Waals surface area contributed by atoms with Crippen LogP contribution in [0.15, 0.2) is 54.9 Å². The molecule has 0 aliphatic heterocycles. The lowest BCUT2D eigenvalue weighted by Gasteiger charge is -2.14. The monoisotopic (exact) mass is 370 g/mol. The molecule has 1 N–H and O–H groups in total. The van der Waals surface area contributed by atoms with Gasteiger partial charge in [0.1, 0.15) is 11.5 Å². The number of hydrogen-bond acceptors (Lipinski definition) is 3. The van der Waals surface area contributed by atoms with Crippen molar-refractivity contribution in [3.63, 3.8) is 0 Å². The molecule has 0 fully saturated rings. The Kier molecular flexibility index (Phi) is 5.19. The van der Waals surface area contributed by atoms with Gasteiger partial charge in [0.15, 0.2) is 0 Å². The highest BCUT2D eigenvalue weighted by Crippen LogP contribution is 2.36. The van der Waals surface area contributed by atoms with E-state index < -0.39 is 0 Å². The second-order valence-electron chi connectivity index (χ2n) is 5.73. The van der Waals surface area contributed by atoms with E-state index in [2.05, 4.69) is 5.32 Å². The molecule has 6 heteroatoms. The summed E-state index contributed by atoms with van der Waals surface area (Å²) in [4.78, 5) is 12.8. The molecular formula is C20H19ClN2O3. The number of rotatable bonds is 5. The number of amides is 1. The second kappa shape index (κ2) is 7.54. The van der Waals surface area contributed by atoms with Crippen molar-refractivity contribution in [1.29, 1.82) is 0 Å². The number of aryl methyl sites for hydroxylation is 1. The molecule has 0 saturated carbocycles. The van der Waals surface area contributed by atoms with Crippen LogP contribution in [0.5, 0.6) is 11.5 Å². The SMILES string of the molecule is COc1cc(NC(=O)c2ccc(C)c(-n3cccc3)c2)c(OC)cc1Cl. The van der Waals surface area contributed by atoms with Crippen LogP contribution in [0.25, 0.3) is 5.69 Å². The van der Waals surface area contributed by atoms with E-state index in [0.29, 0.717) is 27.8 Å². The van der Waals surface area contributed by atoms with E-state index in [0.717, 1.165) is 11.3 Å². The molecule has 26 heavy (non-hydrogen) atoms. The number of halogens is 1. The molecule has 3 rings (SSSR count). The molecule has 1 heterocycles. The first kappa shape index (κ1) is 17.9. The maximum absolute atomic E-state index is 12.8. The van der Waals surface area contributed by atoms with Crippen LogP contribution in [-0.4, -0.2) is 24.7 Å². The van der Waals surface area contributed by atoms with Gasteiger partial charge in [-0.1, -0.05) is 17.7 Å². The van der Waals surface area contributed by atoms with Crippen molar-refractivity contribution in [3.05, 3.63) is 71.0 Å². The third-order valence-electron chi connectivity index (χ3n) is 4.08. The van der Waals surface area contributed by atoms with Crippen molar-refractivity contribution < 1.29 is 14.3 Å². The second-order valence-corrected chi connectivity index (χ2v) is 6.14. The normalized spacial score (nSPS) is 10.5. The Morgan fingerprint density at radius 1 is 1.04 bits per heavy atom. The molecule has 0 atom stereocenters. The number of carbonyl (C=O) groups excluding carboxylic acids is 1. The van der Waals surface area contributed by atoms with Gasteiger partial charge in [-0.05, 0) is 36.8 Å². The minimum Gasteiger partial charge on any atom is -0.495 e. The predicted molar refractivity (Wildman–Crippen MR) is 103 cm³/mol. The summed E-state index contributed by atoms with van der Waals surface area (Å²) in [6.07, 6.45) is 3.88. The molecule has 0 unspecified atom stereocenters. The van der Waals surface area contributed by atoms with Gasteiger partial charge in [-0.3, -0.25) is 4.79 Å². The van der Waals surface area contributed by atoms with Crippen molar-refractivity contribution in [3.8, 4) is 17.2 Å². The Hall–Kier alpha value is -2.92. The number of aromatic nitrogens is 1. The standard InChI is InChI=1S/C20H19ClN2O3/c1-13-6-7-14(10-17(13)23-8-4-5-9-23)20(24)22-16-12-18(25-2)15(21)11-19(16)26-3/h4-12H,1-3H3,(H,22,24). The molecule has 0 aliphatic carbocycles. The lowest BCUT2D eigenvalue weighted by molar-refractivity contribution is 0.102. The van der Waals surface area contributed by atoms with E-state index in [4.69, 9.17) is 21.1 Å². The third-order valence-corrected chi connectivity index (χ3v) is 4.37. The van der Waals surface area contributed by atoms with Crippen LogP contribution in [0, 0.1) is 6.92 Å². The van der Waals surface area contributed by atoms with Gasteiger partial charge < -0.3 is 19.4 Å². The van der Waals surface area contributed by atoms with Crippen molar-refractivity contribution >= 4 is 23.2 Å². The third kappa shape index (κ3) is 3.53. The van der Waals surface area contributed by atoms with Gasteiger partial charge >= 0.3 is 0 Å². The Balaban J connectivity index is 1.93. The van der Waals surface area contributed by atoms with Crippen molar-refractivity contribution in [2.24, 2.45) is 0 Å². The van der Waals surface area contributed by atoms with Gasteiger partial charge in [0.25, 0.3) is 5.91 Å². The minimum absolute atomic E-state index is 0.249. The largest absolute Gasteiger partial charge is 0.495 e. The topological polar surface area (TPSA) is 52.5 Å². The van der Waals surface area contributed by atoms with Crippen LogP contribution in [-0.2, 0) is 0 Å². The van der Waals surface area contributed by atoms with E-state index in [1.54, 1.807) is 18.2 Å². The number of carbonyl (C=O) groups is 1. The van der Waals surface area contributed by atoms with Crippen LogP contribution in [0.2, 0.25) is 5.02 Å². The summed E-state index contributed by atoms with van der Waals surface area (Å²) in [6.45, 7) is 2.00. The lowest BCUT2D eigenvalue weighted by Crippen LogP contribution is -2.13. The molecule has 2 aromatic carbocycles. The van der Waals surface area contributed by atoms with E-state index in [1.807, 2.05) is 48.1 Å². The molecule has 1 amide bonds. The number of methoxy groups -OCH3 is 2. The molecule has 0 aliphatic rings. The molecule has 0 bridgehead atoms. The van der Waals surface area contributed by atoms with Gasteiger partial charge in [-0.15, -0.1) is 0 Å². The van der Waals surface area contributed by atoms with Gasteiger partial charge in [-0.2, -0.15) is 0 Å². The zero-order valence-corrected chi connectivity index (χ0v) is 15.5. The van der Waals surface area contributed by atoms with E-state index in [-0.39, 0.29) is 5.91 Å². The summed E-state index contributed by atoms with van der Waals surface area (Å²) < 4.78 is 12.5. The summed E-state index contributed by atoms with van der Waals surface area (Å²) in [6, 6.07) is 12.7. The van der Waals surface area contributed by atoms with Crippen LogP contribution < -0.4 is 14.8 Å². The highest BCUT2D eigenvalue weighted by Gasteiger charge is 2.15. The number of nitrogens with zero attached hydrogens (tertiary/aromatic N) is 1. The minimum atomic E-state index is -0.249. The first-order valence-corrected chi connectivity index (χ1v) is 8.38. The molecule has 0 spiro atoms. The van der Waals surface area contributed by atoms with E-state index in [9.17, 15) is 4.79 Å². The summed E-state index contributed by atoms with van der Waals surface area (Å²) in [5.41, 5.74) is 3.05. The molecule has 1 aromatic heterocycles. The van der Waals surface area contributed by atoms with E-state index in [1.165, 1.54) is 14.2 Å². The maximum atomic E-state index is 12.8. The van der Waals surface area contributed by atoms with Gasteiger partial charge in [0.05, 0.1) is 24.9 Å². The van der Waals surface area contributed by atoms with Gasteiger partial charge in [-0.25, -0.2) is 0 Å². The van der Waals surface area contributed by atoms with Crippen molar-refractivity contribution in [1.82, 2.24) is 4.57 Å². The van der Waals surface area contributed by atoms with Gasteiger partial charge in [0.2, 0.25) is 0 Å². The maximum Gasteiger partial charge on any atom is 0.255 e. The Labute approximate surface area is 157 Å². The molecule has 0 saturated heterocycles. The molecule has 0 radical (unpaired) electrons. The average molecular weight is 371 g/mol. The number of nitrogens with one attached hydrogen (secondary N) is 1. The highest BCUT2D eigenvalue weighted by molar-refractivity contribution is 6.32. The first-order chi connectivity index (χ1) is 12.5. The van der Waals surface area contributed by atoms with Crippen LogP contribution in [0.4, 0.5) is 5.69 Å². The zero-order chi connectivity index (χ0) is 18.7. The lowest BCUT2D eigenvalue weighted by atomic mass is 10.1. The van der Waals surface area contributed by atoms with Crippen LogP contribution in [0.3, 0.4) is 0 Å². The molecule has 3 aromatic rings.